The van der Waals surface area contributed by atoms with E-state index in [1.807, 2.05) is 12.1 Å². The summed E-state index contributed by atoms with van der Waals surface area (Å²) in [5.41, 5.74) is 1.06. The highest BCUT2D eigenvalue weighted by Crippen LogP contribution is 2.30. The molecule has 1 saturated carbocycles. The van der Waals surface area contributed by atoms with Crippen LogP contribution in [-0.4, -0.2) is 25.9 Å². The molecule has 0 spiro atoms. The van der Waals surface area contributed by atoms with Crippen LogP contribution in [0.2, 0.25) is 0 Å². The third kappa shape index (κ3) is 3.73. The number of aromatic nitrogens is 3. The number of anilines is 1. The summed E-state index contributed by atoms with van der Waals surface area (Å²) in [6, 6.07) is 8.68. The number of aryl methyl sites for hydroxylation is 1. The Hall–Kier alpha value is -3.75. The molecule has 1 fully saturated rings. The van der Waals surface area contributed by atoms with E-state index in [0.717, 1.165) is 28.7 Å². The van der Waals surface area contributed by atoms with Gasteiger partial charge in [-0.25, -0.2) is 9.78 Å². The molecule has 154 valence electrons. The van der Waals surface area contributed by atoms with Gasteiger partial charge in [-0.15, -0.1) is 0 Å². The number of pyridine rings is 1. The van der Waals surface area contributed by atoms with Gasteiger partial charge in [0, 0.05) is 38.4 Å². The molecule has 4 rings (SSSR count). The van der Waals surface area contributed by atoms with E-state index < -0.39 is 11.2 Å². The molecule has 2 amide bonds. The highest BCUT2D eigenvalue weighted by Gasteiger charge is 2.29. The molecular formula is C21H21N5O4. The average molecular weight is 407 g/mol. The first-order valence-electron chi connectivity index (χ1n) is 9.59. The Kier molecular flexibility index (Phi) is 4.94. The van der Waals surface area contributed by atoms with Crippen molar-refractivity contribution in [3.05, 3.63) is 68.5 Å². The number of hydrogen-bond acceptors (Lipinski definition) is 5. The summed E-state index contributed by atoms with van der Waals surface area (Å²) in [6.45, 7) is 0.277. The fraction of sp³-hybridized carbons (Fsp3) is 0.286. The second kappa shape index (κ2) is 7.58. The number of carbonyl (C=O) groups is 2. The van der Waals surface area contributed by atoms with Gasteiger partial charge >= 0.3 is 5.69 Å². The molecule has 0 radical (unpaired) electrons. The van der Waals surface area contributed by atoms with Gasteiger partial charge in [0.25, 0.3) is 11.5 Å². The lowest BCUT2D eigenvalue weighted by molar-refractivity contribution is -0.117. The molecule has 2 aromatic heterocycles. The van der Waals surface area contributed by atoms with Crippen LogP contribution >= 0.6 is 0 Å². The highest BCUT2D eigenvalue weighted by atomic mass is 16.2. The van der Waals surface area contributed by atoms with Crippen LogP contribution in [0.3, 0.4) is 0 Å². The molecule has 0 aliphatic heterocycles. The molecule has 2 heterocycles. The van der Waals surface area contributed by atoms with E-state index in [2.05, 4.69) is 15.6 Å². The molecule has 30 heavy (non-hydrogen) atoms. The van der Waals surface area contributed by atoms with E-state index in [1.54, 1.807) is 12.1 Å². The lowest BCUT2D eigenvalue weighted by Gasteiger charge is -2.09. The van der Waals surface area contributed by atoms with Crippen LogP contribution in [0.1, 0.15) is 28.8 Å². The molecule has 3 aromatic rings. The van der Waals surface area contributed by atoms with Gasteiger partial charge in [-0.2, -0.15) is 0 Å². The van der Waals surface area contributed by atoms with Gasteiger partial charge in [0.2, 0.25) is 5.91 Å². The summed E-state index contributed by atoms with van der Waals surface area (Å²) in [5.74, 6) is -0.200. The lowest BCUT2D eigenvalue weighted by Crippen LogP contribution is -2.37. The van der Waals surface area contributed by atoms with Crippen molar-refractivity contribution in [3.63, 3.8) is 0 Å². The number of nitrogens with zero attached hydrogens (tertiary/aromatic N) is 3. The van der Waals surface area contributed by atoms with Crippen LogP contribution in [0.5, 0.6) is 0 Å². The van der Waals surface area contributed by atoms with E-state index in [4.69, 9.17) is 0 Å². The Morgan fingerprint density at radius 3 is 2.47 bits per heavy atom. The lowest BCUT2D eigenvalue weighted by atomic mass is 10.2. The van der Waals surface area contributed by atoms with Gasteiger partial charge in [0.1, 0.15) is 5.65 Å². The molecule has 1 aliphatic carbocycles. The minimum atomic E-state index is -0.501. The van der Waals surface area contributed by atoms with Crippen molar-refractivity contribution in [2.75, 3.05) is 5.32 Å². The standard InChI is InChI=1S/C21H21N5O4/c1-25-17-16(20(29)26(2)21(25)30)9-14(11-22-17)18(27)23-10-12-3-7-15(8-4-12)24-19(28)13-5-6-13/h3-4,7-9,11,13H,5-6,10H2,1-2H3,(H,23,27)(H,24,28). The summed E-state index contributed by atoms with van der Waals surface area (Å²) in [5, 5.41) is 5.85. The summed E-state index contributed by atoms with van der Waals surface area (Å²) < 4.78 is 2.25. The summed E-state index contributed by atoms with van der Waals surface area (Å²) in [7, 11) is 2.90. The third-order valence-electron chi connectivity index (χ3n) is 5.18. The van der Waals surface area contributed by atoms with Gasteiger partial charge in [-0.05, 0) is 36.6 Å². The highest BCUT2D eigenvalue weighted by molar-refractivity contribution is 5.96. The van der Waals surface area contributed by atoms with Crippen LogP contribution in [0.15, 0.2) is 46.1 Å². The Morgan fingerprint density at radius 1 is 1.10 bits per heavy atom. The van der Waals surface area contributed by atoms with Gasteiger partial charge in [-0.3, -0.25) is 23.5 Å². The maximum Gasteiger partial charge on any atom is 0.332 e. The summed E-state index contributed by atoms with van der Waals surface area (Å²) >= 11 is 0. The quantitative estimate of drug-likeness (QED) is 0.652. The first kappa shape index (κ1) is 19.6. The number of hydrogen-bond donors (Lipinski definition) is 2. The first-order valence-corrected chi connectivity index (χ1v) is 9.59. The Bertz CT molecular complexity index is 1270. The van der Waals surface area contributed by atoms with E-state index in [9.17, 15) is 19.2 Å². The maximum atomic E-state index is 12.5. The molecule has 0 bridgehead atoms. The zero-order chi connectivity index (χ0) is 21.4. The molecule has 1 aromatic carbocycles. The predicted octanol–water partition coefficient (Wildman–Crippen LogP) is 0.911. The number of amides is 2. The Balaban J connectivity index is 1.46. The molecule has 9 heteroatoms. The minimum Gasteiger partial charge on any atom is -0.348 e. The molecule has 2 N–H and O–H groups in total. The molecule has 0 atom stereocenters. The van der Waals surface area contributed by atoms with Crippen LogP contribution in [0.25, 0.3) is 11.0 Å². The zero-order valence-corrected chi connectivity index (χ0v) is 16.6. The van der Waals surface area contributed by atoms with Gasteiger partial charge in [0.05, 0.1) is 10.9 Å². The Morgan fingerprint density at radius 2 is 1.80 bits per heavy atom. The van der Waals surface area contributed by atoms with Gasteiger partial charge in [-0.1, -0.05) is 12.1 Å². The number of fused-ring (bicyclic) bond motifs is 1. The van der Waals surface area contributed by atoms with Crippen LogP contribution in [0.4, 0.5) is 5.69 Å². The number of carbonyl (C=O) groups excluding carboxylic acids is 2. The third-order valence-corrected chi connectivity index (χ3v) is 5.18. The van der Waals surface area contributed by atoms with Crippen LogP contribution in [-0.2, 0) is 25.4 Å². The van der Waals surface area contributed by atoms with Crippen LogP contribution < -0.4 is 21.9 Å². The minimum absolute atomic E-state index is 0.0449. The monoisotopic (exact) mass is 407 g/mol. The summed E-state index contributed by atoms with van der Waals surface area (Å²) in [4.78, 5) is 52.8. The molecule has 9 nitrogen and oxygen atoms in total. The van der Waals surface area contributed by atoms with Crippen molar-refractivity contribution in [1.29, 1.82) is 0 Å². The predicted molar refractivity (Wildman–Crippen MR) is 111 cm³/mol. The number of rotatable bonds is 5. The van der Waals surface area contributed by atoms with E-state index in [0.29, 0.717) is 0 Å². The van der Waals surface area contributed by atoms with Gasteiger partial charge < -0.3 is 10.6 Å². The van der Waals surface area contributed by atoms with Crippen molar-refractivity contribution < 1.29 is 9.59 Å². The second-order valence-electron chi connectivity index (χ2n) is 7.44. The second-order valence-corrected chi connectivity index (χ2v) is 7.44. The Labute approximate surface area is 171 Å². The first-order chi connectivity index (χ1) is 14.3. The van der Waals surface area contributed by atoms with E-state index >= 15 is 0 Å². The zero-order valence-electron chi connectivity index (χ0n) is 16.6. The average Bonchev–Trinajstić information content (AvgIpc) is 3.60. The largest absolute Gasteiger partial charge is 0.348 e. The molecule has 0 saturated heterocycles. The molecular weight excluding hydrogens is 386 g/mol. The van der Waals surface area contributed by atoms with Crippen LogP contribution in [0, 0.1) is 5.92 Å². The maximum absolute atomic E-state index is 12.5. The topological polar surface area (TPSA) is 115 Å². The van der Waals surface area contributed by atoms with Crippen molar-refractivity contribution in [3.8, 4) is 0 Å². The fourth-order valence-electron chi connectivity index (χ4n) is 3.17. The van der Waals surface area contributed by atoms with E-state index in [-0.39, 0.29) is 40.9 Å². The number of nitrogens with one attached hydrogen (secondary N) is 2. The molecule has 1 aliphatic rings. The van der Waals surface area contributed by atoms with Crippen molar-refractivity contribution in [2.45, 2.75) is 19.4 Å². The van der Waals surface area contributed by atoms with Crippen molar-refractivity contribution >= 4 is 28.5 Å². The fourth-order valence-corrected chi connectivity index (χ4v) is 3.17. The SMILES string of the molecule is Cn1c(=O)c2cc(C(=O)NCc3ccc(NC(=O)C4CC4)cc3)cnc2n(C)c1=O. The van der Waals surface area contributed by atoms with E-state index in [1.165, 1.54) is 30.9 Å². The molecule has 0 unspecified atom stereocenters. The summed E-state index contributed by atoms with van der Waals surface area (Å²) in [6.07, 6.45) is 3.23. The van der Waals surface area contributed by atoms with Gasteiger partial charge in [0.15, 0.2) is 0 Å². The van der Waals surface area contributed by atoms with Crippen molar-refractivity contribution in [1.82, 2.24) is 19.4 Å². The smallest absolute Gasteiger partial charge is 0.332 e. The normalized spacial score (nSPS) is 13.3. The number of benzene rings is 1. The van der Waals surface area contributed by atoms with Crippen molar-refractivity contribution in [2.24, 2.45) is 20.0 Å².